The third kappa shape index (κ3) is 5.07. The van der Waals surface area contributed by atoms with Gasteiger partial charge in [0.05, 0.1) is 22.5 Å². The average molecular weight is 365 g/mol. The highest BCUT2D eigenvalue weighted by Crippen LogP contribution is 2.30. The van der Waals surface area contributed by atoms with Crippen molar-refractivity contribution in [3.05, 3.63) is 45.1 Å². The number of nitrogens with one attached hydrogen (secondary N) is 1. The van der Waals surface area contributed by atoms with Gasteiger partial charge in [0.2, 0.25) is 0 Å². The Morgan fingerprint density at radius 1 is 1.38 bits per heavy atom. The fourth-order valence-corrected chi connectivity index (χ4v) is 3.32. The first-order valence-corrected chi connectivity index (χ1v) is 8.41. The fraction of sp³-hybridized carbons (Fsp3) is 0.312. The SMILES string of the molecule is CC(Nc1cccc(OCCCC#N)c1)c1ccc(Br)s1. The van der Waals surface area contributed by atoms with E-state index in [1.165, 1.54) is 4.88 Å². The van der Waals surface area contributed by atoms with Crippen molar-refractivity contribution in [2.75, 3.05) is 11.9 Å². The predicted octanol–water partition coefficient (Wildman–Crippen LogP) is 5.37. The molecule has 0 amide bonds. The molecule has 5 heteroatoms. The molecule has 0 spiro atoms. The van der Waals surface area contributed by atoms with Gasteiger partial charge in [-0.15, -0.1) is 11.3 Å². The van der Waals surface area contributed by atoms with Crippen molar-refractivity contribution in [3.63, 3.8) is 0 Å². The van der Waals surface area contributed by atoms with Gasteiger partial charge >= 0.3 is 0 Å². The van der Waals surface area contributed by atoms with Crippen LogP contribution < -0.4 is 10.1 Å². The number of unbranched alkanes of at least 4 members (excludes halogenated alkanes) is 1. The molecule has 21 heavy (non-hydrogen) atoms. The van der Waals surface area contributed by atoms with E-state index in [0.717, 1.165) is 21.6 Å². The van der Waals surface area contributed by atoms with Crippen molar-refractivity contribution in [1.29, 1.82) is 5.26 Å². The van der Waals surface area contributed by atoms with Crippen molar-refractivity contribution in [2.45, 2.75) is 25.8 Å². The van der Waals surface area contributed by atoms with Crippen molar-refractivity contribution in [1.82, 2.24) is 0 Å². The van der Waals surface area contributed by atoms with Gasteiger partial charge in [-0.2, -0.15) is 5.26 Å². The van der Waals surface area contributed by atoms with E-state index in [1.54, 1.807) is 11.3 Å². The second kappa shape index (κ2) is 8.06. The fourth-order valence-electron chi connectivity index (χ4n) is 1.90. The third-order valence-corrected chi connectivity index (χ3v) is 4.75. The van der Waals surface area contributed by atoms with Gasteiger partial charge in [-0.25, -0.2) is 0 Å². The van der Waals surface area contributed by atoms with Crippen LogP contribution in [0.2, 0.25) is 0 Å². The minimum absolute atomic E-state index is 0.245. The molecule has 2 rings (SSSR count). The van der Waals surface area contributed by atoms with Crippen molar-refractivity contribution < 1.29 is 4.74 Å². The summed E-state index contributed by atoms with van der Waals surface area (Å²) < 4.78 is 6.78. The molecule has 0 aliphatic carbocycles. The van der Waals surface area contributed by atoms with Gasteiger partial charge in [0.25, 0.3) is 0 Å². The Morgan fingerprint density at radius 2 is 2.24 bits per heavy atom. The first-order valence-electron chi connectivity index (χ1n) is 6.80. The molecule has 3 nitrogen and oxygen atoms in total. The van der Waals surface area contributed by atoms with Crippen LogP contribution in [0.5, 0.6) is 5.75 Å². The number of thiophene rings is 1. The number of rotatable bonds is 7. The number of benzene rings is 1. The number of nitriles is 1. The Morgan fingerprint density at radius 3 is 2.95 bits per heavy atom. The van der Waals surface area contributed by atoms with E-state index in [-0.39, 0.29) is 6.04 Å². The summed E-state index contributed by atoms with van der Waals surface area (Å²) >= 11 is 5.22. The number of anilines is 1. The highest BCUT2D eigenvalue weighted by Gasteiger charge is 2.08. The first kappa shape index (κ1) is 15.9. The molecule has 0 saturated heterocycles. The second-order valence-electron chi connectivity index (χ2n) is 4.65. The second-order valence-corrected chi connectivity index (χ2v) is 7.14. The summed E-state index contributed by atoms with van der Waals surface area (Å²) in [6.45, 7) is 2.71. The van der Waals surface area contributed by atoms with Gasteiger partial charge in [-0.05, 0) is 53.5 Å². The Labute approximate surface area is 137 Å². The maximum atomic E-state index is 8.50. The molecule has 1 atom stereocenters. The largest absolute Gasteiger partial charge is 0.493 e. The average Bonchev–Trinajstić information content (AvgIpc) is 2.91. The summed E-state index contributed by atoms with van der Waals surface area (Å²) in [5, 5.41) is 12.0. The van der Waals surface area contributed by atoms with Crippen LogP contribution in [0.15, 0.2) is 40.2 Å². The van der Waals surface area contributed by atoms with Crippen LogP contribution in [-0.2, 0) is 0 Å². The topological polar surface area (TPSA) is 45.0 Å². The van der Waals surface area contributed by atoms with Gasteiger partial charge in [-0.3, -0.25) is 0 Å². The molecule has 110 valence electrons. The summed E-state index contributed by atoms with van der Waals surface area (Å²) in [6, 6.07) is 14.5. The number of hydrogen-bond donors (Lipinski definition) is 1. The van der Waals surface area contributed by atoms with Crippen LogP contribution in [0.4, 0.5) is 5.69 Å². The number of nitrogens with zero attached hydrogens (tertiary/aromatic N) is 1. The van der Waals surface area contributed by atoms with Gasteiger partial charge in [0.1, 0.15) is 5.75 Å². The van der Waals surface area contributed by atoms with E-state index >= 15 is 0 Å². The molecular weight excluding hydrogens is 348 g/mol. The zero-order chi connectivity index (χ0) is 15.1. The minimum atomic E-state index is 0.245. The van der Waals surface area contributed by atoms with E-state index in [1.807, 2.05) is 24.3 Å². The zero-order valence-electron chi connectivity index (χ0n) is 11.8. The highest BCUT2D eigenvalue weighted by molar-refractivity contribution is 9.11. The van der Waals surface area contributed by atoms with Crippen LogP contribution in [0.3, 0.4) is 0 Å². The first-order chi connectivity index (χ1) is 10.2. The molecule has 2 aromatic rings. The van der Waals surface area contributed by atoms with Gasteiger partial charge in [0.15, 0.2) is 0 Å². The minimum Gasteiger partial charge on any atom is -0.493 e. The lowest BCUT2D eigenvalue weighted by Crippen LogP contribution is -2.05. The smallest absolute Gasteiger partial charge is 0.121 e. The lowest BCUT2D eigenvalue weighted by molar-refractivity contribution is 0.313. The highest BCUT2D eigenvalue weighted by atomic mass is 79.9. The molecule has 1 heterocycles. The molecule has 1 unspecified atom stereocenters. The number of ether oxygens (including phenoxy) is 1. The Hall–Kier alpha value is -1.51. The Bertz CT molecular complexity index is 621. The summed E-state index contributed by atoms with van der Waals surface area (Å²) in [5.41, 5.74) is 1.03. The molecular formula is C16H17BrN2OS. The molecule has 0 saturated carbocycles. The van der Waals surface area contributed by atoms with E-state index in [4.69, 9.17) is 10.00 Å². The van der Waals surface area contributed by atoms with E-state index in [9.17, 15) is 0 Å². The Kier molecular flexibility index (Phi) is 6.09. The molecule has 0 radical (unpaired) electrons. The van der Waals surface area contributed by atoms with Crippen molar-refractivity contribution >= 4 is 33.0 Å². The Balaban J connectivity index is 1.93. The quantitative estimate of drug-likeness (QED) is 0.671. The molecule has 1 aromatic heterocycles. The van der Waals surface area contributed by atoms with E-state index < -0.39 is 0 Å². The normalized spacial score (nSPS) is 11.7. The van der Waals surface area contributed by atoms with Gasteiger partial charge in [-0.1, -0.05) is 6.07 Å². The summed E-state index contributed by atoms with van der Waals surface area (Å²) in [5.74, 6) is 0.831. The van der Waals surface area contributed by atoms with Crippen LogP contribution in [0.1, 0.15) is 30.7 Å². The van der Waals surface area contributed by atoms with Crippen LogP contribution in [-0.4, -0.2) is 6.61 Å². The van der Waals surface area contributed by atoms with Crippen molar-refractivity contribution in [2.24, 2.45) is 0 Å². The molecule has 1 aromatic carbocycles. The molecule has 0 aliphatic heterocycles. The maximum absolute atomic E-state index is 8.50. The van der Waals surface area contributed by atoms with Crippen molar-refractivity contribution in [3.8, 4) is 11.8 Å². The van der Waals surface area contributed by atoms with E-state index in [2.05, 4.69) is 46.4 Å². The maximum Gasteiger partial charge on any atom is 0.121 e. The molecule has 0 aliphatic rings. The van der Waals surface area contributed by atoms with Gasteiger partial charge in [0, 0.05) is 23.1 Å². The molecule has 1 N–H and O–H groups in total. The number of halogens is 1. The summed E-state index contributed by atoms with van der Waals surface area (Å²) in [6.07, 6.45) is 1.29. The standard InChI is InChI=1S/C16H17BrN2OS/c1-12(15-7-8-16(17)21-15)19-13-5-4-6-14(11-13)20-10-3-2-9-18/h4-8,11-12,19H,2-3,10H2,1H3. The molecule has 0 fully saturated rings. The summed E-state index contributed by atoms with van der Waals surface area (Å²) in [7, 11) is 0. The lowest BCUT2D eigenvalue weighted by Gasteiger charge is -2.14. The summed E-state index contributed by atoms with van der Waals surface area (Å²) in [4.78, 5) is 1.28. The lowest BCUT2D eigenvalue weighted by atomic mass is 10.2. The van der Waals surface area contributed by atoms with Crippen LogP contribution in [0.25, 0.3) is 0 Å². The monoisotopic (exact) mass is 364 g/mol. The molecule has 0 bridgehead atoms. The van der Waals surface area contributed by atoms with E-state index in [0.29, 0.717) is 13.0 Å². The zero-order valence-corrected chi connectivity index (χ0v) is 14.2. The predicted molar refractivity (Wildman–Crippen MR) is 90.8 cm³/mol. The van der Waals surface area contributed by atoms with Gasteiger partial charge < -0.3 is 10.1 Å². The van der Waals surface area contributed by atoms with Crippen LogP contribution in [0, 0.1) is 11.3 Å². The third-order valence-electron chi connectivity index (χ3n) is 2.94. The number of hydrogen-bond acceptors (Lipinski definition) is 4. The van der Waals surface area contributed by atoms with Crippen LogP contribution >= 0.6 is 27.3 Å².